The summed E-state index contributed by atoms with van der Waals surface area (Å²) in [6.45, 7) is 0. The Kier molecular flexibility index (Phi) is 8.54. The van der Waals surface area contributed by atoms with Crippen LogP contribution in [0.4, 0.5) is 0 Å². The first-order valence-electron chi connectivity index (χ1n) is 2.13. The van der Waals surface area contributed by atoms with E-state index in [1.807, 2.05) is 6.07 Å². The normalized spacial score (nSPS) is 6.67. The SMILES string of the molecule is C.Oc1ccccc1.[Ca]. The van der Waals surface area contributed by atoms with Gasteiger partial charge in [-0.3, -0.25) is 0 Å². The quantitative estimate of drug-likeness (QED) is 0.557. The Morgan fingerprint density at radius 1 is 1.00 bits per heavy atom. The van der Waals surface area contributed by atoms with Gasteiger partial charge in [-0.05, 0) is 12.1 Å². The first-order chi connectivity index (χ1) is 3.39. The molecule has 0 aliphatic carbocycles. The van der Waals surface area contributed by atoms with E-state index < -0.39 is 0 Å². The molecule has 0 spiro atoms. The molecular formula is C7H10CaO. The zero-order chi connectivity index (χ0) is 5.11. The summed E-state index contributed by atoms with van der Waals surface area (Å²) in [6.07, 6.45) is 0. The minimum atomic E-state index is 0. The van der Waals surface area contributed by atoms with Crippen LogP contribution in [0, 0.1) is 0 Å². The molecule has 1 nitrogen and oxygen atoms in total. The van der Waals surface area contributed by atoms with Crippen LogP contribution in [-0.4, -0.2) is 42.8 Å². The van der Waals surface area contributed by atoms with E-state index in [1.54, 1.807) is 24.3 Å². The number of hydrogen-bond donors (Lipinski definition) is 1. The molecule has 2 radical (unpaired) electrons. The minimum Gasteiger partial charge on any atom is -0.508 e. The molecule has 46 valence electrons. The van der Waals surface area contributed by atoms with Gasteiger partial charge in [-0.1, -0.05) is 25.6 Å². The van der Waals surface area contributed by atoms with E-state index in [1.165, 1.54) is 0 Å². The second-order valence-electron chi connectivity index (χ2n) is 1.34. The topological polar surface area (TPSA) is 20.2 Å². The molecule has 0 bridgehead atoms. The van der Waals surface area contributed by atoms with Gasteiger partial charge in [-0.15, -0.1) is 0 Å². The fourth-order valence-electron chi connectivity index (χ4n) is 0.428. The third kappa shape index (κ3) is 4.76. The van der Waals surface area contributed by atoms with Crippen molar-refractivity contribution in [1.82, 2.24) is 0 Å². The number of phenols is 1. The molecule has 0 aliphatic rings. The molecule has 1 rings (SSSR count). The van der Waals surface area contributed by atoms with Crippen molar-refractivity contribution >= 4 is 37.7 Å². The summed E-state index contributed by atoms with van der Waals surface area (Å²) in [6, 6.07) is 8.71. The summed E-state index contributed by atoms with van der Waals surface area (Å²) >= 11 is 0. The van der Waals surface area contributed by atoms with Crippen LogP contribution in [-0.2, 0) is 0 Å². The summed E-state index contributed by atoms with van der Waals surface area (Å²) in [5.74, 6) is 0.322. The Bertz CT molecular complexity index is 139. The Balaban J connectivity index is 0. The third-order valence-corrected chi connectivity index (χ3v) is 0.756. The maximum atomic E-state index is 8.63. The Hall–Kier alpha value is 0.280. The number of para-hydroxylation sites is 1. The maximum Gasteiger partial charge on any atom is 0.115 e. The summed E-state index contributed by atoms with van der Waals surface area (Å²) in [5, 5.41) is 8.63. The average Bonchev–Trinajstić information content (AvgIpc) is 1.69. The number of hydrogen-bond acceptors (Lipinski definition) is 1. The smallest absolute Gasteiger partial charge is 0.115 e. The van der Waals surface area contributed by atoms with Gasteiger partial charge in [0, 0.05) is 37.7 Å². The maximum absolute atomic E-state index is 8.63. The number of phenolic OH excluding ortho intramolecular Hbond substituents is 1. The molecular weight excluding hydrogens is 140 g/mol. The zero-order valence-corrected chi connectivity index (χ0v) is 6.75. The average molecular weight is 150 g/mol. The summed E-state index contributed by atoms with van der Waals surface area (Å²) in [4.78, 5) is 0. The number of rotatable bonds is 0. The third-order valence-electron chi connectivity index (χ3n) is 0.756. The van der Waals surface area contributed by atoms with Crippen molar-refractivity contribution in [2.75, 3.05) is 0 Å². The van der Waals surface area contributed by atoms with Crippen molar-refractivity contribution in [2.45, 2.75) is 7.43 Å². The summed E-state index contributed by atoms with van der Waals surface area (Å²) in [5.41, 5.74) is 0. The molecule has 9 heavy (non-hydrogen) atoms. The Morgan fingerprint density at radius 3 is 1.67 bits per heavy atom. The molecule has 0 heterocycles. The van der Waals surface area contributed by atoms with E-state index in [-0.39, 0.29) is 45.2 Å². The summed E-state index contributed by atoms with van der Waals surface area (Å²) in [7, 11) is 0. The van der Waals surface area contributed by atoms with Gasteiger partial charge in [-0.2, -0.15) is 0 Å². The Labute approximate surface area is 85.7 Å². The fourth-order valence-corrected chi connectivity index (χ4v) is 0.428. The standard InChI is InChI=1S/C6H6O.CH4.Ca/c7-6-4-2-1-3-5-6;;/h1-5,7H;1H4;. The van der Waals surface area contributed by atoms with Crippen LogP contribution >= 0.6 is 0 Å². The second-order valence-corrected chi connectivity index (χ2v) is 1.34. The minimum absolute atomic E-state index is 0. The van der Waals surface area contributed by atoms with Crippen LogP contribution in [0.15, 0.2) is 30.3 Å². The van der Waals surface area contributed by atoms with Gasteiger partial charge in [0.25, 0.3) is 0 Å². The molecule has 0 aromatic heterocycles. The van der Waals surface area contributed by atoms with Crippen molar-refractivity contribution in [3.63, 3.8) is 0 Å². The van der Waals surface area contributed by atoms with Crippen molar-refractivity contribution < 1.29 is 5.11 Å². The second kappa shape index (κ2) is 6.40. The monoisotopic (exact) mass is 150 g/mol. The Morgan fingerprint density at radius 2 is 1.44 bits per heavy atom. The molecule has 0 amide bonds. The van der Waals surface area contributed by atoms with E-state index in [0.29, 0.717) is 5.75 Å². The molecule has 0 saturated heterocycles. The molecule has 0 atom stereocenters. The van der Waals surface area contributed by atoms with Gasteiger partial charge < -0.3 is 5.11 Å². The van der Waals surface area contributed by atoms with Crippen LogP contribution in [0.2, 0.25) is 0 Å². The van der Waals surface area contributed by atoms with Crippen LogP contribution in [0.25, 0.3) is 0 Å². The van der Waals surface area contributed by atoms with Gasteiger partial charge in [0.2, 0.25) is 0 Å². The van der Waals surface area contributed by atoms with Gasteiger partial charge in [0.1, 0.15) is 5.75 Å². The first kappa shape index (κ1) is 12.0. The predicted molar refractivity (Wildman–Crippen MR) is 40.6 cm³/mol. The van der Waals surface area contributed by atoms with E-state index in [0.717, 1.165) is 0 Å². The van der Waals surface area contributed by atoms with E-state index >= 15 is 0 Å². The van der Waals surface area contributed by atoms with Crippen molar-refractivity contribution in [3.8, 4) is 5.75 Å². The van der Waals surface area contributed by atoms with E-state index in [9.17, 15) is 0 Å². The number of benzene rings is 1. The van der Waals surface area contributed by atoms with Crippen LogP contribution in [0.5, 0.6) is 5.75 Å². The molecule has 1 N–H and O–H groups in total. The van der Waals surface area contributed by atoms with Crippen molar-refractivity contribution in [1.29, 1.82) is 0 Å². The molecule has 0 unspecified atom stereocenters. The number of aromatic hydroxyl groups is 1. The predicted octanol–water partition coefficient (Wildman–Crippen LogP) is 1.65. The fraction of sp³-hybridized carbons (Fsp3) is 0.143. The van der Waals surface area contributed by atoms with Gasteiger partial charge in [0.05, 0.1) is 0 Å². The van der Waals surface area contributed by atoms with Crippen molar-refractivity contribution in [3.05, 3.63) is 30.3 Å². The molecule has 0 saturated carbocycles. The van der Waals surface area contributed by atoms with Crippen molar-refractivity contribution in [2.24, 2.45) is 0 Å². The zero-order valence-electron chi connectivity index (χ0n) is 4.54. The van der Waals surface area contributed by atoms with Gasteiger partial charge in [-0.25, -0.2) is 0 Å². The molecule has 0 aliphatic heterocycles. The van der Waals surface area contributed by atoms with E-state index in [2.05, 4.69) is 0 Å². The molecule has 1 aromatic carbocycles. The van der Waals surface area contributed by atoms with Crippen LogP contribution < -0.4 is 0 Å². The summed E-state index contributed by atoms with van der Waals surface area (Å²) < 4.78 is 0. The first-order valence-corrected chi connectivity index (χ1v) is 2.13. The van der Waals surface area contributed by atoms with Gasteiger partial charge in [0.15, 0.2) is 0 Å². The molecule has 2 heteroatoms. The van der Waals surface area contributed by atoms with Gasteiger partial charge >= 0.3 is 0 Å². The molecule has 1 aromatic rings. The van der Waals surface area contributed by atoms with E-state index in [4.69, 9.17) is 5.11 Å². The van der Waals surface area contributed by atoms with Crippen LogP contribution in [0.1, 0.15) is 7.43 Å². The largest absolute Gasteiger partial charge is 0.508 e. The van der Waals surface area contributed by atoms with Crippen LogP contribution in [0.3, 0.4) is 0 Å². The molecule has 0 fully saturated rings.